The van der Waals surface area contributed by atoms with Gasteiger partial charge in [0.2, 0.25) is 5.78 Å². The summed E-state index contributed by atoms with van der Waals surface area (Å²) in [5.74, 6) is -4.40. The number of carbonyl (C=O) groups excluding carboxylic acids is 3. The van der Waals surface area contributed by atoms with Crippen molar-refractivity contribution in [1.82, 2.24) is 9.97 Å². The van der Waals surface area contributed by atoms with E-state index in [0.29, 0.717) is 11.4 Å². The van der Waals surface area contributed by atoms with Gasteiger partial charge in [0, 0.05) is 23.4 Å². The van der Waals surface area contributed by atoms with Crippen molar-refractivity contribution in [2.24, 2.45) is 0 Å². The Balaban J connectivity index is 2.06. The lowest BCUT2D eigenvalue weighted by Crippen LogP contribution is -2.48. The highest BCUT2D eigenvalue weighted by atomic mass is 16.7. The molecule has 2 aromatic rings. The summed E-state index contributed by atoms with van der Waals surface area (Å²) >= 11 is 0. The van der Waals surface area contributed by atoms with Crippen molar-refractivity contribution in [3.63, 3.8) is 0 Å². The smallest absolute Gasteiger partial charge is 0.334 e. The highest BCUT2D eigenvalue weighted by Crippen LogP contribution is 2.27. The van der Waals surface area contributed by atoms with Crippen LogP contribution in [0.4, 0.5) is 0 Å². The normalized spacial score (nSPS) is 16.2. The van der Waals surface area contributed by atoms with Gasteiger partial charge in [-0.25, -0.2) is 14.6 Å². The van der Waals surface area contributed by atoms with Crippen molar-refractivity contribution < 1.29 is 23.9 Å². The second-order valence-electron chi connectivity index (χ2n) is 5.27. The zero-order chi connectivity index (χ0) is 17.2. The van der Waals surface area contributed by atoms with E-state index in [1.807, 2.05) is 0 Å². The third-order valence-corrected chi connectivity index (χ3v) is 3.60. The molecule has 3 rings (SSSR count). The first-order valence-corrected chi connectivity index (χ1v) is 7.23. The molecule has 1 aromatic carbocycles. The fourth-order valence-corrected chi connectivity index (χ4v) is 2.39. The number of hydrogen-bond donors (Lipinski definition) is 1. The van der Waals surface area contributed by atoms with Gasteiger partial charge in [-0.3, -0.25) is 4.79 Å². The lowest BCUT2D eigenvalue weighted by Gasteiger charge is -2.29. The second-order valence-corrected chi connectivity index (χ2v) is 5.27. The largest absolute Gasteiger partial charge is 0.411 e. The lowest BCUT2D eigenvalue weighted by molar-refractivity contribution is -0.201. The number of nitrogens with one attached hydrogen (secondary N) is 1. The summed E-state index contributed by atoms with van der Waals surface area (Å²) in [5, 5.41) is 0. The molecular formula is C17H14N2O5. The minimum Gasteiger partial charge on any atom is -0.411 e. The van der Waals surface area contributed by atoms with E-state index in [1.54, 1.807) is 37.3 Å². The topological polar surface area (TPSA) is 98.4 Å². The van der Waals surface area contributed by atoms with Gasteiger partial charge in [-0.2, -0.15) is 0 Å². The van der Waals surface area contributed by atoms with Crippen LogP contribution in [0.25, 0.3) is 0 Å². The monoisotopic (exact) mass is 326 g/mol. The van der Waals surface area contributed by atoms with E-state index >= 15 is 0 Å². The van der Waals surface area contributed by atoms with Gasteiger partial charge in [-0.05, 0) is 6.92 Å². The summed E-state index contributed by atoms with van der Waals surface area (Å²) in [4.78, 5) is 43.7. The fourth-order valence-electron chi connectivity index (χ4n) is 2.39. The van der Waals surface area contributed by atoms with Crippen LogP contribution in [0.5, 0.6) is 0 Å². The lowest BCUT2D eigenvalue weighted by atomic mass is 9.98. The number of aryl methyl sites for hydroxylation is 1. The van der Waals surface area contributed by atoms with Gasteiger partial charge in [0.05, 0.1) is 18.4 Å². The Morgan fingerprint density at radius 2 is 1.75 bits per heavy atom. The van der Waals surface area contributed by atoms with E-state index in [4.69, 9.17) is 9.47 Å². The van der Waals surface area contributed by atoms with E-state index in [2.05, 4.69) is 9.97 Å². The first-order valence-electron chi connectivity index (χ1n) is 7.23. The van der Waals surface area contributed by atoms with Crippen LogP contribution >= 0.6 is 0 Å². The number of Topliss-reactive ketones (excluding diaryl/α,β-unsaturated/α-hetero) is 1. The number of cyclic esters (lactones) is 2. The molecule has 24 heavy (non-hydrogen) atoms. The number of nitrogens with zero attached hydrogens (tertiary/aromatic N) is 1. The van der Waals surface area contributed by atoms with Gasteiger partial charge in [0.25, 0.3) is 0 Å². The third-order valence-electron chi connectivity index (χ3n) is 3.60. The molecule has 0 amide bonds. The molecule has 0 spiro atoms. The average Bonchev–Trinajstić information content (AvgIpc) is 2.90. The first-order chi connectivity index (χ1) is 11.5. The predicted octanol–water partition coefficient (Wildman–Crippen LogP) is 1.50. The van der Waals surface area contributed by atoms with E-state index in [1.165, 1.54) is 6.33 Å². The number of H-pyrrole nitrogens is 1. The number of benzene rings is 1. The Morgan fingerprint density at radius 3 is 2.29 bits per heavy atom. The Bertz CT molecular complexity index is 803. The molecule has 2 heterocycles. The Kier molecular flexibility index (Phi) is 3.99. The molecule has 0 radical (unpaired) electrons. The summed E-state index contributed by atoms with van der Waals surface area (Å²) in [6, 6.07) is 8.19. The summed E-state index contributed by atoms with van der Waals surface area (Å²) < 4.78 is 10.5. The number of ketones is 1. The molecule has 7 nitrogen and oxygen atoms in total. The molecule has 0 saturated heterocycles. The SMILES string of the molecule is Cc1[nH]cnc1CC1(C(=O)c2ccccc2)OC(=O)C=CC(=O)O1. The van der Waals surface area contributed by atoms with Crippen molar-refractivity contribution >= 4 is 17.7 Å². The van der Waals surface area contributed by atoms with E-state index in [9.17, 15) is 14.4 Å². The van der Waals surface area contributed by atoms with Crippen LogP contribution in [0.1, 0.15) is 21.7 Å². The Labute approximate surface area is 137 Å². The van der Waals surface area contributed by atoms with Crippen molar-refractivity contribution in [3.05, 3.63) is 65.8 Å². The Hall–Kier alpha value is -3.22. The molecule has 7 heteroatoms. The summed E-state index contributed by atoms with van der Waals surface area (Å²) in [6.45, 7) is 1.75. The van der Waals surface area contributed by atoms with Crippen LogP contribution < -0.4 is 0 Å². The molecule has 122 valence electrons. The molecule has 1 aromatic heterocycles. The molecule has 1 aliphatic rings. The summed E-state index contributed by atoms with van der Waals surface area (Å²) in [5.41, 5.74) is 1.40. The maximum absolute atomic E-state index is 13.0. The predicted molar refractivity (Wildman–Crippen MR) is 81.9 cm³/mol. The second kappa shape index (κ2) is 6.11. The van der Waals surface area contributed by atoms with E-state index < -0.39 is 23.5 Å². The zero-order valence-electron chi connectivity index (χ0n) is 12.8. The molecule has 0 saturated carbocycles. The first kappa shape index (κ1) is 15.7. The molecule has 0 bridgehead atoms. The van der Waals surface area contributed by atoms with Gasteiger partial charge in [0.15, 0.2) is 0 Å². The highest BCUT2D eigenvalue weighted by molar-refractivity contribution is 6.06. The van der Waals surface area contributed by atoms with Gasteiger partial charge in [0.1, 0.15) is 0 Å². The van der Waals surface area contributed by atoms with Gasteiger partial charge >= 0.3 is 17.7 Å². The number of aromatic amines is 1. The molecule has 0 fully saturated rings. The minimum absolute atomic E-state index is 0.185. The van der Waals surface area contributed by atoms with Crippen LogP contribution in [0.3, 0.4) is 0 Å². The van der Waals surface area contributed by atoms with Crippen molar-refractivity contribution in [1.29, 1.82) is 0 Å². The molecule has 1 N–H and O–H groups in total. The molecular weight excluding hydrogens is 312 g/mol. The fraction of sp³-hybridized carbons (Fsp3) is 0.176. The number of ether oxygens (including phenoxy) is 2. The molecule has 0 unspecified atom stereocenters. The number of carbonyl (C=O) groups is 3. The van der Waals surface area contributed by atoms with Crippen LogP contribution in [-0.2, 0) is 25.5 Å². The standard InChI is InChI=1S/C17H14N2O5/c1-11-13(19-10-18-11)9-17(16(22)12-5-3-2-4-6-12)23-14(20)7-8-15(21)24-17/h2-8,10H,9H2,1H3,(H,18,19). The number of rotatable bonds is 4. The number of hydrogen-bond acceptors (Lipinski definition) is 6. The molecule has 1 aliphatic heterocycles. The average molecular weight is 326 g/mol. The third kappa shape index (κ3) is 2.96. The van der Waals surface area contributed by atoms with Crippen LogP contribution in [0.2, 0.25) is 0 Å². The molecule has 0 aliphatic carbocycles. The van der Waals surface area contributed by atoms with Gasteiger partial charge in [-0.15, -0.1) is 0 Å². The summed E-state index contributed by atoms with van der Waals surface area (Å²) in [6.07, 6.45) is 3.12. The summed E-state index contributed by atoms with van der Waals surface area (Å²) in [7, 11) is 0. The number of esters is 2. The highest BCUT2D eigenvalue weighted by Gasteiger charge is 2.48. The number of aromatic nitrogens is 2. The molecule has 0 atom stereocenters. The quantitative estimate of drug-likeness (QED) is 0.675. The van der Waals surface area contributed by atoms with E-state index in [0.717, 1.165) is 12.2 Å². The van der Waals surface area contributed by atoms with Gasteiger partial charge in [-0.1, -0.05) is 30.3 Å². The van der Waals surface area contributed by atoms with Crippen LogP contribution in [0, 0.1) is 6.92 Å². The van der Waals surface area contributed by atoms with Crippen LogP contribution in [-0.4, -0.2) is 33.5 Å². The van der Waals surface area contributed by atoms with Crippen molar-refractivity contribution in [2.75, 3.05) is 0 Å². The van der Waals surface area contributed by atoms with Crippen molar-refractivity contribution in [2.45, 2.75) is 19.1 Å². The van der Waals surface area contributed by atoms with Crippen molar-refractivity contribution in [3.8, 4) is 0 Å². The van der Waals surface area contributed by atoms with Gasteiger partial charge < -0.3 is 14.5 Å². The zero-order valence-corrected chi connectivity index (χ0v) is 12.8. The maximum atomic E-state index is 13.0. The minimum atomic E-state index is -2.10. The number of imidazole rings is 1. The van der Waals surface area contributed by atoms with Crippen LogP contribution in [0.15, 0.2) is 48.8 Å². The Morgan fingerprint density at radius 1 is 1.12 bits per heavy atom. The van der Waals surface area contributed by atoms with E-state index in [-0.39, 0.29) is 12.0 Å². The maximum Gasteiger partial charge on any atom is 0.334 e.